The zero-order chi connectivity index (χ0) is 17.9. The fourth-order valence-corrected chi connectivity index (χ4v) is 2.97. The molecule has 6 heteroatoms. The lowest BCUT2D eigenvalue weighted by atomic mass is 10.2. The molecular weight excluding hydrogens is 329 g/mol. The average Bonchev–Trinajstić information content (AvgIpc) is 3.03. The minimum atomic E-state index is -0.256. The maximum absolute atomic E-state index is 14.0. The molecule has 0 saturated carbocycles. The molecule has 5 nitrogen and oxygen atoms in total. The van der Waals surface area contributed by atoms with Crippen molar-refractivity contribution >= 4 is 11.0 Å². The Labute approximate surface area is 150 Å². The molecular formula is C20H18FN5. The third-order valence-electron chi connectivity index (χ3n) is 4.24. The third kappa shape index (κ3) is 3.06. The van der Waals surface area contributed by atoms with Crippen molar-refractivity contribution in [3.63, 3.8) is 0 Å². The van der Waals surface area contributed by atoms with Gasteiger partial charge in [0.25, 0.3) is 0 Å². The summed E-state index contributed by atoms with van der Waals surface area (Å²) in [5.41, 5.74) is 3.01. The molecule has 0 N–H and O–H groups in total. The Kier molecular flexibility index (Phi) is 4.39. The Morgan fingerprint density at radius 1 is 1.00 bits per heavy atom. The van der Waals surface area contributed by atoms with Crippen LogP contribution in [0, 0.1) is 5.82 Å². The summed E-state index contributed by atoms with van der Waals surface area (Å²) in [5.74, 6) is 0.295. The number of hydrogen-bond donors (Lipinski definition) is 0. The monoisotopic (exact) mass is 347 g/mol. The number of pyridine rings is 1. The first kappa shape index (κ1) is 16.3. The van der Waals surface area contributed by atoms with Gasteiger partial charge in [-0.3, -0.25) is 0 Å². The van der Waals surface area contributed by atoms with Crippen molar-refractivity contribution in [3.8, 4) is 11.5 Å². The molecule has 26 heavy (non-hydrogen) atoms. The van der Waals surface area contributed by atoms with E-state index in [-0.39, 0.29) is 5.82 Å². The maximum atomic E-state index is 14.0. The van der Waals surface area contributed by atoms with Crippen molar-refractivity contribution in [2.75, 3.05) is 0 Å². The Morgan fingerprint density at radius 3 is 2.58 bits per heavy atom. The molecule has 0 spiro atoms. The first-order chi connectivity index (χ1) is 12.8. The minimum Gasteiger partial charge on any atom is -0.242 e. The number of fused-ring (bicyclic) bond motifs is 1. The lowest BCUT2D eigenvalue weighted by Crippen LogP contribution is -2.04. The summed E-state index contributed by atoms with van der Waals surface area (Å²) in [7, 11) is 0. The van der Waals surface area contributed by atoms with Gasteiger partial charge in [0, 0.05) is 24.2 Å². The second-order valence-electron chi connectivity index (χ2n) is 6.14. The van der Waals surface area contributed by atoms with Crippen molar-refractivity contribution in [3.05, 3.63) is 71.9 Å². The van der Waals surface area contributed by atoms with Crippen LogP contribution in [-0.2, 0) is 13.0 Å². The number of aromatic nitrogens is 5. The fourth-order valence-electron chi connectivity index (χ4n) is 2.97. The van der Waals surface area contributed by atoms with Crippen molar-refractivity contribution in [1.29, 1.82) is 0 Å². The van der Waals surface area contributed by atoms with Gasteiger partial charge in [0.1, 0.15) is 11.5 Å². The van der Waals surface area contributed by atoms with Gasteiger partial charge in [0.05, 0.1) is 11.9 Å². The molecule has 0 amide bonds. The quantitative estimate of drug-likeness (QED) is 0.547. The van der Waals surface area contributed by atoms with Crippen LogP contribution >= 0.6 is 0 Å². The van der Waals surface area contributed by atoms with Crippen molar-refractivity contribution in [1.82, 2.24) is 24.7 Å². The largest absolute Gasteiger partial charge is 0.242 e. The average molecular weight is 347 g/mol. The SMILES string of the molecule is CCCc1cnc(-c2nn(Cc3ccccc3F)c3ncccc23)nc1. The number of benzene rings is 1. The molecule has 0 atom stereocenters. The summed E-state index contributed by atoms with van der Waals surface area (Å²) in [5, 5.41) is 5.49. The van der Waals surface area contributed by atoms with Crippen LogP contribution in [-0.4, -0.2) is 24.7 Å². The summed E-state index contributed by atoms with van der Waals surface area (Å²) in [6.07, 6.45) is 7.38. The molecule has 0 bridgehead atoms. The lowest BCUT2D eigenvalue weighted by molar-refractivity contribution is 0.589. The lowest BCUT2D eigenvalue weighted by Gasteiger charge is -2.04. The predicted octanol–water partition coefficient (Wildman–Crippen LogP) is 4.03. The van der Waals surface area contributed by atoms with Crippen molar-refractivity contribution in [2.45, 2.75) is 26.3 Å². The molecule has 0 aliphatic heterocycles. The zero-order valence-electron chi connectivity index (χ0n) is 14.4. The van der Waals surface area contributed by atoms with E-state index in [1.54, 1.807) is 23.0 Å². The second kappa shape index (κ2) is 7.00. The Balaban J connectivity index is 1.78. The van der Waals surface area contributed by atoms with E-state index < -0.39 is 0 Å². The number of rotatable bonds is 5. The summed E-state index contributed by atoms with van der Waals surface area (Å²) in [6.45, 7) is 2.42. The molecule has 0 aliphatic carbocycles. The van der Waals surface area contributed by atoms with E-state index >= 15 is 0 Å². The van der Waals surface area contributed by atoms with E-state index in [4.69, 9.17) is 0 Å². The molecule has 0 unspecified atom stereocenters. The highest BCUT2D eigenvalue weighted by Gasteiger charge is 2.16. The van der Waals surface area contributed by atoms with E-state index in [0.29, 0.717) is 29.3 Å². The van der Waals surface area contributed by atoms with E-state index in [2.05, 4.69) is 27.0 Å². The van der Waals surface area contributed by atoms with E-state index in [9.17, 15) is 4.39 Å². The van der Waals surface area contributed by atoms with Crippen molar-refractivity contribution < 1.29 is 4.39 Å². The molecule has 1 aromatic carbocycles. The highest BCUT2D eigenvalue weighted by atomic mass is 19.1. The zero-order valence-corrected chi connectivity index (χ0v) is 14.4. The second-order valence-corrected chi connectivity index (χ2v) is 6.14. The Morgan fingerprint density at radius 2 is 1.81 bits per heavy atom. The number of hydrogen-bond acceptors (Lipinski definition) is 4. The number of aryl methyl sites for hydroxylation is 1. The molecule has 4 aromatic rings. The molecule has 3 heterocycles. The number of halogens is 1. The van der Waals surface area contributed by atoms with E-state index in [1.807, 2.05) is 30.6 Å². The van der Waals surface area contributed by atoms with Crippen LogP contribution in [0.25, 0.3) is 22.6 Å². The fraction of sp³-hybridized carbons (Fsp3) is 0.200. The minimum absolute atomic E-state index is 0.256. The first-order valence-electron chi connectivity index (χ1n) is 8.62. The van der Waals surface area contributed by atoms with Crippen LogP contribution in [0.5, 0.6) is 0 Å². The van der Waals surface area contributed by atoms with Crippen LogP contribution in [0.2, 0.25) is 0 Å². The first-order valence-corrected chi connectivity index (χ1v) is 8.62. The smallest absolute Gasteiger partial charge is 0.180 e. The van der Waals surface area contributed by atoms with Crippen LogP contribution in [0.1, 0.15) is 24.5 Å². The maximum Gasteiger partial charge on any atom is 0.180 e. The summed E-state index contributed by atoms with van der Waals surface area (Å²) in [6, 6.07) is 10.5. The molecule has 0 radical (unpaired) electrons. The van der Waals surface area contributed by atoms with E-state index in [1.165, 1.54) is 6.07 Å². The van der Waals surface area contributed by atoms with Crippen LogP contribution in [0.15, 0.2) is 55.0 Å². The molecule has 3 aromatic heterocycles. The molecule has 4 rings (SSSR count). The van der Waals surface area contributed by atoms with Gasteiger partial charge in [-0.25, -0.2) is 24.0 Å². The van der Waals surface area contributed by atoms with E-state index in [0.717, 1.165) is 23.8 Å². The van der Waals surface area contributed by atoms with Gasteiger partial charge in [0.2, 0.25) is 0 Å². The molecule has 0 saturated heterocycles. The summed E-state index contributed by atoms with van der Waals surface area (Å²) < 4.78 is 15.7. The standard InChI is InChI=1S/C20H18FN5/c1-2-6-14-11-23-19(24-12-14)18-16-8-5-10-22-20(16)26(25-18)13-15-7-3-4-9-17(15)21/h3-5,7-12H,2,6,13H2,1H3. The summed E-state index contributed by atoms with van der Waals surface area (Å²) in [4.78, 5) is 13.4. The van der Waals surface area contributed by atoms with Gasteiger partial charge in [-0.05, 0) is 30.2 Å². The summed E-state index contributed by atoms with van der Waals surface area (Å²) >= 11 is 0. The molecule has 130 valence electrons. The normalized spacial score (nSPS) is 11.2. The third-order valence-corrected chi connectivity index (χ3v) is 4.24. The topological polar surface area (TPSA) is 56.5 Å². The van der Waals surface area contributed by atoms with Gasteiger partial charge < -0.3 is 0 Å². The predicted molar refractivity (Wildman–Crippen MR) is 98.1 cm³/mol. The van der Waals surface area contributed by atoms with Crippen molar-refractivity contribution in [2.24, 2.45) is 0 Å². The molecule has 0 aliphatic rings. The van der Waals surface area contributed by atoms with Crippen LogP contribution in [0.3, 0.4) is 0 Å². The highest BCUT2D eigenvalue weighted by Crippen LogP contribution is 2.25. The highest BCUT2D eigenvalue weighted by molar-refractivity contribution is 5.89. The van der Waals surface area contributed by atoms with Gasteiger partial charge in [-0.2, -0.15) is 5.10 Å². The molecule has 0 fully saturated rings. The van der Waals surface area contributed by atoms with Crippen LogP contribution < -0.4 is 0 Å². The van der Waals surface area contributed by atoms with Gasteiger partial charge in [-0.15, -0.1) is 0 Å². The van der Waals surface area contributed by atoms with Crippen LogP contribution in [0.4, 0.5) is 4.39 Å². The Hall–Kier alpha value is -3.15. The number of nitrogens with zero attached hydrogens (tertiary/aromatic N) is 5. The van der Waals surface area contributed by atoms with Gasteiger partial charge in [0.15, 0.2) is 11.5 Å². The van der Waals surface area contributed by atoms with Gasteiger partial charge in [-0.1, -0.05) is 31.5 Å². The van der Waals surface area contributed by atoms with Gasteiger partial charge >= 0.3 is 0 Å². The Bertz CT molecular complexity index is 1040.